The van der Waals surface area contributed by atoms with Gasteiger partial charge in [-0.3, -0.25) is 0 Å². The number of rotatable bonds is 5. The Kier molecular flexibility index (Phi) is 5.22. The first-order valence-electron chi connectivity index (χ1n) is 7.57. The van der Waals surface area contributed by atoms with Crippen molar-refractivity contribution < 1.29 is 0 Å². The molecule has 1 fully saturated rings. The Morgan fingerprint density at radius 2 is 2.00 bits per heavy atom. The van der Waals surface area contributed by atoms with Gasteiger partial charge in [-0.2, -0.15) is 0 Å². The molecule has 2 N–H and O–H groups in total. The highest BCUT2D eigenvalue weighted by Gasteiger charge is 2.24. The lowest BCUT2D eigenvalue weighted by atomic mass is 9.87. The largest absolute Gasteiger partial charge is 0.348 e. The highest BCUT2D eigenvalue weighted by atomic mass is 32.1. The van der Waals surface area contributed by atoms with Gasteiger partial charge in [0.1, 0.15) is 0 Å². The van der Waals surface area contributed by atoms with Crippen molar-refractivity contribution in [3.63, 3.8) is 0 Å². The predicted octanol–water partition coefficient (Wildman–Crippen LogP) is 3.57. The number of nitrogens with two attached hydrogens (primary N) is 1. The smallest absolute Gasteiger partial charge is 0.185 e. The van der Waals surface area contributed by atoms with Crippen molar-refractivity contribution in [1.82, 2.24) is 4.98 Å². The minimum absolute atomic E-state index is 0.628. The van der Waals surface area contributed by atoms with Crippen LogP contribution in [0.1, 0.15) is 56.5 Å². The first-order valence-corrected chi connectivity index (χ1v) is 8.38. The maximum absolute atomic E-state index is 5.84. The van der Waals surface area contributed by atoms with Crippen LogP contribution < -0.4 is 10.6 Å². The van der Waals surface area contributed by atoms with E-state index >= 15 is 0 Å². The average Bonchev–Trinajstić information content (AvgIpc) is 2.82. The quantitative estimate of drug-likeness (QED) is 0.897. The summed E-state index contributed by atoms with van der Waals surface area (Å²) in [4.78, 5) is 8.50. The van der Waals surface area contributed by atoms with Crippen molar-refractivity contribution in [3.05, 3.63) is 10.6 Å². The minimum atomic E-state index is 0.628. The summed E-state index contributed by atoms with van der Waals surface area (Å²) in [5, 5.41) is 1.17. The Hall–Kier alpha value is -0.610. The Labute approximate surface area is 121 Å². The second-order valence-electron chi connectivity index (χ2n) is 5.85. The van der Waals surface area contributed by atoms with E-state index in [0.29, 0.717) is 12.6 Å². The molecule has 0 spiro atoms. The zero-order valence-corrected chi connectivity index (χ0v) is 13.3. The lowest BCUT2D eigenvalue weighted by molar-refractivity contribution is 0.340. The standard InChI is InChI=1S/C15H27N3S/c1-4-5-13-14(10-16)19-15(17-13)18(3)12-8-6-11(2)7-9-12/h11-12H,4-10,16H2,1-3H3. The Morgan fingerprint density at radius 3 is 2.58 bits per heavy atom. The molecule has 0 saturated heterocycles. The first kappa shape index (κ1) is 14.8. The zero-order chi connectivity index (χ0) is 13.8. The number of aryl methyl sites for hydroxylation is 1. The van der Waals surface area contributed by atoms with Crippen LogP contribution >= 0.6 is 11.3 Å². The van der Waals surface area contributed by atoms with Crippen LogP contribution in [0.3, 0.4) is 0 Å². The van der Waals surface area contributed by atoms with E-state index in [4.69, 9.17) is 10.7 Å². The van der Waals surface area contributed by atoms with Crippen LogP contribution in [0.25, 0.3) is 0 Å². The van der Waals surface area contributed by atoms with Gasteiger partial charge in [-0.1, -0.05) is 20.3 Å². The third kappa shape index (κ3) is 3.48. The van der Waals surface area contributed by atoms with Gasteiger partial charge in [0.15, 0.2) is 5.13 Å². The van der Waals surface area contributed by atoms with Crippen LogP contribution in [-0.2, 0) is 13.0 Å². The van der Waals surface area contributed by atoms with E-state index in [1.165, 1.54) is 41.4 Å². The van der Waals surface area contributed by atoms with E-state index in [9.17, 15) is 0 Å². The summed E-state index contributed by atoms with van der Waals surface area (Å²) < 4.78 is 0. The van der Waals surface area contributed by atoms with Gasteiger partial charge in [-0.05, 0) is 38.0 Å². The molecule has 1 aliphatic rings. The van der Waals surface area contributed by atoms with E-state index in [1.54, 1.807) is 11.3 Å². The van der Waals surface area contributed by atoms with Crippen LogP contribution in [-0.4, -0.2) is 18.1 Å². The maximum Gasteiger partial charge on any atom is 0.185 e. The van der Waals surface area contributed by atoms with Gasteiger partial charge in [-0.25, -0.2) is 4.98 Å². The summed E-state index contributed by atoms with van der Waals surface area (Å²) >= 11 is 1.79. The highest BCUT2D eigenvalue weighted by Crippen LogP contribution is 2.32. The van der Waals surface area contributed by atoms with Crippen molar-refractivity contribution in [2.75, 3.05) is 11.9 Å². The Bertz CT molecular complexity index is 394. The monoisotopic (exact) mass is 281 g/mol. The van der Waals surface area contributed by atoms with Gasteiger partial charge in [-0.15, -0.1) is 11.3 Å². The average molecular weight is 281 g/mol. The van der Waals surface area contributed by atoms with Gasteiger partial charge in [0.25, 0.3) is 0 Å². The molecule has 1 aromatic rings. The van der Waals surface area contributed by atoms with Gasteiger partial charge in [0.05, 0.1) is 5.69 Å². The molecular formula is C15H27N3S. The second-order valence-corrected chi connectivity index (χ2v) is 6.91. The van der Waals surface area contributed by atoms with Crippen molar-refractivity contribution >= 4 is 16.5 Å². The molecular weight excluding hydrogens is 254 g/mol. The topological polar surface area (TPSA) is 42.2 Å². The van der Waals surface area contributed by atoms with Crippen molar-refractivity contribution in [3.8, 4) is 0 Å². The number of hydrogen-bond donors (Lipinski definition) is 1. The molecule has 108 valence electrons. The summed E-state index contributed by atoms with van der Waals surface area (Å²) in [7, 11) is 2.20. The minimum Gasteiger partial charge on any atom is -0.348 e. The lowest BCUT2D eigenvalue weighted by Gasteiger charge is -2.33. The molecule has 0 atom stereocenters. The summed E-state index contributed by atoms with van der Waals surface area (Å²) in [6.07, 6.45) is 7.51. The second kappa shape index (κ2) is 6.71. The van der Waals surface area contributed by atoms with E-state index < -0.39 is 0 Å². The molecule has 0 bridgehead atoms. The molecule has 2 rings (SSSR count). The molecule has 0 amide bonds. The fraction of sp³-hybridized carbons (Fsp3) is 0.800. The number of anilines is 1. The summed E-state index contributed by atoms with van der Waals surface area (Å²) in [5.41, 5.74) is 7.07. The Morgan fingerprint density at radius 1 is 1.32 bits per heavy atom. The van der Waals surface area contributed by atoms with Gasteiger partial charge in [0, 0.05) is 24.5 Å². The van der Waals surface area contributed by atoms with E-state index in [1.807, 2.05) is 0 Å². The molecule has 1 aromatic heterocycles. The van der Waals surface area contributed by atoms with Crippen LogP contribution in [0, 0.1) is 5.92 Å². The number of aromatic nitrogens is 1. The molecule has 4 heteroatoms. The SMILES string of the molecule is CCCc1nc(N(C)C2CCC(C)CC2)sc1CN. The molecule has 0 aliphatic heterocycles. The normalized spacial score (nSPS) is 23.6. The van der Waals surface area contributed by atoms with Crippen LogP contribution in [0.5, 0.6) is 0 Å². The van der Waals surface area contributed by atoms with E-state index in [2.05, 4.69) is 25.8 Å². The molecule has 1 saturated carbocycles. The highest BCUT2D eigenvalue weighted by molar-refractivity contribution is 7.15. The van der Waals surface area contributed by atoms with E-state index in [0.717, 1.165) is 18.8 Å². The molecule has 0 radical (unpaired) electrons. The lowest BCUT2D eigenvalue weighted by Crippen LogP contribution is -2.34. The van der Waals surface area contributed by atoms with Gasteiger partial charge >= 0.3 is 0 Å². The Balaban J connectivity index is 2.08. The third-order valence-electron chi connectivity index (χ3n) is 4.27. The van der Waals surface area contributed by atoms with Crippen molar-refractivity contribution in [2.24, 2.45) is 11.7 Å². The van der Waals surface area contributed by atoms with Gasteiger partial charge < -0.3 is 10.6 Å². The summed E-state index contributed by atoms with van der Waals surface area (Å²) in [6, 6.07) is 0.669. The maximum atomic E-state index is 5.84. The molecule has 0 unspecified atom stereocenters. The van der Waals surface area contributed by atoms with Crippen LogP contribution in [0.2, 0.25) is 0 Å². The predicted molar refractivity (Wildman–Crippen MR) is 83.8 cm³/mol. The molecule has 19 heavy (non-hydrogen) atoms. The van der Waals surface area contributed by atoms with Crippen LogP contribution in [0.15, 0.2) is 0 Å². The first-order chi connectivity index (χ1) is 9.15. The molecule has 3 nitrogen and oxygen atoms in total. The van der Waals surface area contributed by atoms with Crippen molar-refractivity contribution in [2.45, 2.75) is 65.0 Å². The van der Waals surface area contributed by atoms with Crippen molar-refractivity contribution in [1.29, 1.82) is 0 Å². The summed E-state index contributed by atoms with van der Waals surface area (Å²) in [6.45, 7) is 5.19. The van der Waals surface area contributed by atoms with E-state index in [-0.39, 0.29) is 0 Å². The third-order valence-corrected chi connectivity index (χ3v) is 5.48. The number of nitrogens with zero attached hydrogens (tertiary/aromatic N) is 2. The molecule has 1 heterocycles. The fourth-order valence-corrected chi connectivity index (χ4v) is 3.92. The fourth-order valence-electron chi connectivity index (χ4n) is 2.90. The molecule has 1 aliphatic carbocycles. The number of thiazole rings is 1. The summed E-state index contributed by atoms with van der Waals surface area (Å²) in [5.74, 6) is 0.899. The number of hydrogen-bond acceptors (Lipinski definition) is 4. The molecule has 0 aromatic carbocycles. The van der Waals surface area contributed by atoms with Crippen LogP contribution in [0.4, 0.5) is 5.13 Å². The zero-order valence-electron chi connectivity index (χ0n) is 12.5. The van der Waals surface area contributed by atoms with Gasteiger partial charge in [0.2, 0.25) is 0 Å².